The van der Waals surface area contributed by atoms with Crippen LogP contribution in [0, 0.1) is 10.1 Å². The molecular weight excluding hydrogens is 336 g/mol. The van der Waals surface area contributed by atoms with Gasteiger partial charge in [-0.25, -0.2) is 0 Å². The summed E-state index contributed by atoms with van der Waals surface area (Å²) in [5.74, 6) is -0.696. The number of carbonyl (C=O) groups is 2. The van der Waals surface area contributed by atoms with Crippen LogP contribution in [0.2, 0.25) is 5.02 Å². The Kier molecular flexibility index (Phi) is 6.68. The van der Waals surface area contributed by atoms with Crippen LogP contribution in [0.15, 0.2) is 18.2 Å². The van der Waals surface area contributed by atoms with E-state index in [1.165, 1.54) is 23.1 Å². The first-order valence-corrected chi connectivity index (χ1v) is 7.59. The van der Waals surface area contributed by atoms with E-state index in [-0.39, 0.29) is 40.9 Å². The van der Waals surface area contributed by atoms with Gasteiger partial charge in [-0.1, -0.05) is 11.6 Å². The van der Waals surface area contributed by atoms with Crippen molar-refractivity contribution in [3.8, 4) is 0 Å². The van der Waals surface area contributed by atoms with E-state index in [1.54, 1.807) is 7.05 Å². The molecule has 9 heteroatoms. The molecule has 2 amide bonds. The summed E-state index contributed by atoms with van der Waals surface area (Å²) in [4.78, 5) is 35.7. The fourth-order valence-electron chi connectivity index (χ4n) is 1.96. The minimum atomic E-state index is -0.605. The fraction of sp³-hybridized carbons (Fsp3) is 0.467. The average Bonchev–Trinajstić information content (AvgIpc) is 2.34. The zero-order valence-corrected chi connectivity index (χ0v) is 14.8. The van der Waals surface area contributed by atoms with E-state index in [0.717, 1.165) is 0 Å². The maximum Gasteiger partial charge on any atom is 0.292 e. The molecule has 1 aromatic carbocycles. The van der Waals surface area contributed by atoms with Crippen molar-refractivity contribution in [2.75, 3.05) is 25.5 Å². The second-order valence-corrected chi connectivity index (χ2v) is 6.87. The van der Waals surface area contributed by atoms with Crippen molar-refractivity contribution in [1.29, 1.82) is 0 Å². The largest absolute Gasteiger partial charge is 0.350 e. The van der Waals surface area contributed by atoms with Crippen molar-refractivity contribution >= 4 is 34.8 Å². The van der Waals surface area contributed by atoms with E-state index >= 15 is 0 Å². The van der Waals surface area contributed by atoms with Crippen LogP contribution in [0.25, 0.3) is 0 Å². The molecule has 0 heterocycles. The van der Waals surface area contributed by atoms with Crippen LogP contribution in [0.3, 0.4) is 0 Å². The lowest BCUT2D eigenvalue weighted by Gasteiger charge is -2.23. The predicted octanol–water partition coefficient (Wildman–Crippen LogP) is 2.03. The van der Waals surface area contributed by atoms with Gasteiger partial charge in [0, 0.05) is 16.6 Å². The Bertz CT molecular complexity index is 643. The smallest absolute Gasteiger partial charge is 0.292 e. The Labute approximate surface area is 145 Å². The van der Waals surface area contributed by atoms with Gasteiger partial charge in [-0.3, -0.25) is 24.6 Å². The zero-order chi connectivity index (χ0) is 18.5. The van der Waals surface area contributed by atoms with Crippen LogP contribution in [0.4, 0.5) is 11.4 Å². The normalized spacial score (nSPS) is 11.2. The van der Waals surface area contributed by atoms with E-state index in [4.69, 9.17) is 11.6 Å². The van der Waals surface area contributed by atoms with E-state index in [0.29, 0.717) is 0 Å². The molecule has 0 saturated heterocycles. The van der Waals surface area contributed by atoms with Gasteiger partial charge < -0.3 is 10.6 Å². The molecule has 0 spiro atoms. The number of hydrogen-bond donors (Lipinski definition) is 2. The number of carbonyl (C=O) groups excluding carboxylic acids is 2. The highest BCUT2D eigenvalue weighted by Crippen LogP contribution is 2.27. The van der Waals surface area contributed by atoms with Crippen molar-refractivity contribution in [2.45, 2.75) is 26.3 Å². The lowest BCUT2D eigenvalue weighted by molar-refractivity contribution is -0.383. The van der Waals surface area contributed by atoms with Gasteiger partial charge in [0.2, 0.25) is 11.8 Å². The van der Waals surface area contributed by atoms with Crippen molar-refractivity contribution < 1.29 is 14.5 Å². The number of hydrogen-bond acceptors (Lipinski definition) is 5. The number of nitrogens with zero attached hydrogens (tertiary/aromatic N) is 2. The Morgan fingerprint density at radius 3 is 2.38 bits per heavy atom. The first kappa shape index (κ1) is 19.9. The molecule has 0 fully saturated rings. The van der Waals surface area contributed by atoms with E-state index in [2.05, 4.69) is 10.6 Å². The molecule has 0 radical (unpaired) electrons. The van der Waals surface area contributed by atoms with E-state index in [9.17, 15) is 19.7 Å². The molecule has 0 aliphatic heterocycles. The number of nitro groups is 1. The second-order valence-electron chi connectivity index (χ2n) is 6.44. The highest BCUT2D eigenvalue weighted by Gasteiger charge is 2.19. The Morgan fingerprint density at radius 2 is 1.83 bits per heavy atom. The van der Waals surface area contributed by atoms with Crippen LogP contribution < -0.4 is 10.6 Å². The van der Waals surface area contributed by atoms with Gasteiger partial charge in [0.15, 0.2) is 0 Å². The molecule has 0 aliphatic rings. The van der Waals surface area contributed by atoms with Crippen LogP contribution >= 0.6 is 11.6 Å². The van der Waals surface area contributed by atoms with Crippen LogP contribution in [-0.2, 0) is 9.59 Å². The monoisotopic (exact) mass is 356 g/mol. The summed E-state index contributed by atoms with van der Waals surface area (Å²) in [6.07, 6.45) is 0. The quantitative estimate of drug-likeness (QED) is 0.599. The van der Waals surface area contributed by atoms with E-state index in [1.807, 2.05) is 20.8 Å². The molecule has 0 unspecified atom stereocenters. The summed E-state index contributed by atoms with van der Waals surface area (Å²) in [5, 5.41) is 16.5. The zero-order valence-electron chi connectivity index (χ0n) is 14.1. The number of amides is 2. The average molecular weight is 357 g/mol. The van der Waals surface area contributed by atoms with E-state index < -0.39 is 10.8 Å². The maximum atomic E-state index is 12.0. The molecule has 0 bridgehead atoms. The van der Waals surface area contributed by atoms with Gasteiger partial charge in [-0.15, -0.1) is 0 Å². The summed E-state index contributed by atoms with van der Waals surface area (Å²) >= 11 is 5.80. The number of anilines is 1. The van der Waals surface area contributed by atoms with Crippen molar-refractivity contribution in [2.24, 2.45) is 0 Å². The van der Waals surface area contributed by atoms with Gasteiger partial charge in [0.05, 0.1) is 18.0 Å². The molecule has 1 rings (SSSR count). The summed E-state index contributed by atoms with van der Waals surface area (Å²) < 4.78 is 0. The SMILES string of the molecule is CN(CC(=O)Nc1cc(Cl)ccc1[N+](=O)[O-])CC(=O)NC(C)(C)C. The molecule has 0 saturated carbocycles. The summed E-state index contributed by atoms with van der Waals surface area (Å²) in [5.41, 5.74) is -0.590. The van der Waals surface area contributed by atoms with Gasteiger partial charge in [0.1, 0.15) is 5.69 Å². The predicted molar refractivity (Wildman–Crippen MR) is 92.1 cm³/mol. The Hall–Kier alpha value is -2.19. The first-order chi connectivity index (χ1) is 11.0. The number of nitro benzene ring substituents is 1. The van der Waals surface area contributed by atoms with Crippen LogP contribution in [-0.4, -0.2) is 47.3 Å². The summed E-state index contributed by atoms with van der Waals surface area (Å²) in [7, 11) is 1.61. The van der Waals surface area contributed by atoms with Crippen molar-refractivity contribution in [1.82, 2.24) is 10.2 Å². The molecule has 24 heavy (non-hydrogen) atoms. The molecule has 0 atom stereocenters. The topological polar surface area (TPSA) is 105 Å². The Balaban J connectivity index is 2.65. The molecule has 1 aromatic rings. The lowest BCUT2D eigenvalue weighted by Crippen LogP contribution is -2.46. The number of rotatable bonds is 6. The molecule has 0 aliphatic carbocycles. The first-order valence-electron chi connectivity index (χ1n) is 7.21. The van der Waals surface area contributed by atoms with Crippen molar-refractivity contribution in [3.63, 3.8) is 0 Å². The van der Waals surface area contributed by atoms with Gasteiger partial charge in [-0.2, -0.15) is 0 Å². The molecule has 0 aromatic heterocycles. The Morgan fingerprint density at radius 1 is 1.25 bits per heavy atom. The third-order valence-corrected chi connectivity index (χ3v) is 3.01. The van der Waals surface area contributed by atoms with Crippen molar-refractivity contribution in [3.05, 3.63) is 33.3 Å². The third-order valence-electron chi connectivity index (χ3n) is 2.77. The van der Waals surface area contributed by atoms with Gasteiger partial charge in [0.25, 0.3) is 5.69 Å². The molecular formula is C15H21ClN4O4. The fourth-order valence-corrected chi connectivity index (χ4v) is 2.13. The molecule has 8 nitrogen and oxygen atoms in total. The van der Waals surface area contributed by atoms with Gasteiger partial charge >= 0.3 is 0 Å². The lowest BCUT2D eigenvalue weighted by atomic mass is 10.1. The number of halogens is 1. The minimum Gasteiger partial charge on any atom is -0.350 e. The summed E-state index contributed by atoms with van der Waals surface area (Å²) in [6.45, 7) is 5.51. The highest BCUT2D eigenvalue weighted by atomic mass is 35.5. The highest BCUT2D eigenvalue weighted by molar-refractivity contribution is 6.31. The molecule has 132 valence electrons. The van der Waals surface area contributed by atoms with Crippen LogP contribution in [0.5, 0.6) is 0 Å². The number of nitrogens with one attached hydrogen (secondary N) is 2. The number of likely N-dealkylation sites (N-methyl/N-ethyl adjacent to an activating group) is 1. The summed E-state index contributed by atoms with van der Waals surface area (Å²) in [6, 6.07) is 3.90. The second kappa shape index (κ2) is 8.07. The van der Waals surface area contributed by atoms with Crippen LogP contribution in [0.1, 0.15) is 20.8 Å². The standard InChI is InChI=1S/C15H21ClN4O4/c1-15(2,3)18-14(22)9-19(4)8-13(21)17-11-7-10(16)5-6-12(11)20(23)24/h5-7H,8-9H2,1-4H3,(H,17,21)(H,18,22). The van der Waals surface area contributed by atoms with Gasteiger partial charge in [-0.05, 0) is 40.0 Å². The third kappa shape index (κ3) is 6.93. The molecule has 2 N–H and O–H groups in total. The maximum absolute atomic E-state index is 12.0. The minimum absolute atomic E-state index is 0.0186. The number of benzene rings is 1.